The Bertz CT molecular complexity index is 1150. The molecule has 32 heavy (non-hydrogen) atoms. The molecule has 1 aliphatic heterocycles. The van der Waals surface area contributed by atoms with Crippen LogP contribution < -0.4 is 10.2 Å². The molecule has 1 saturated carbocycles. The van der Waals surface area contributed by atoms with Gasteiger partial charge in [-0.15, -0.1) is 0 Å². The fraction of sp³-hybridized carbons (Fsp3) is 0.346. The SMILES string of the molecule is Cc1ccnn1-c1cccc(NC(=O)C2CCCCC2C(=O)N2CCc3ccccc32)c1. The van der Waals surface area contributed by atoms with Crippen LogP contribution in [-0.2, 0) is 16.0 Å². The average Bonchev–Trinajstić information content (AvgIpc) is 3.45. The Morgan fingerprint density at radius 1 is 1.00 bits per heavy atom. The first kappa shape index (κ1) is 20.5. The second kappa shape index (κ2) is 8.61. The van der Waals surface area contributed by atoms with Crippen LogP contribution in [0.4, 0.5) is 11.4 Å². The van der Waals surface area contributed by atoms with E-state index in [9.17, 15) is 9.59 Å². The first-order valence-corrected chi connectivity index (χ1v) is 11.4. The van der Waals surface area contributed by atoms with Crippen LogP contribution in [0.2, 0.25) is 0 Å². The Hall–Kier alpha value is -3.41. The van der Waals surface area contributed by atoms with Crippen LogP contribution in [0.5, 0.6) is 0 Å². The van der Waals surface area contributed by atoms with Crippen LogP contribution in [0.25, 0.3) is 5.69 Å². The van der Waals surface area contributed by atoms with Crippen molar-refractivity contribution in [3.05, 3.63) is 72.1 Å². The fourth-order valence-corrected chi connectivity index (χ4v) is 5.10. The standard InChI is InChI=1S/C26H28N4O2/c1-18-13-15-27-30(18)21-9-6-8-20(17-21)28-25(31)22-10-3-4-11-23(22)26(32)29-16-14-19-7-2-5-12-24(19)29/h2,5-9,12-13,15,17,22-23H,3-4,10-11,14,16H2,1H3,(H,28,31). The summed E-state index contributed by atoms with van der Waals surface area (Å²) < 4.78 is 1.84. The second-order valence-electron chi connectivity index (χ2n) is 8.79. The number of amides is 2. The Morgan fingerprint density at radius 3 is 2.62 bits per heavy atom. The number of nitrogens with zero attached hydrogens (tertiary/aromatic N) is 3. The van der Waals surface area contributed by atoms with Crippen molar-refractivity contribution in [1.82, 2.24) is 9.78 Å². The van der Waals surface area contributed by atoms with Gasteiger partial charge in [0.05, 0.1) is 11.6 Å². The first-order valence-electron chi connectivity index (χ1n) is 11.4. The molecule has 1 N–H and O–H groups in total. The van der Waals surface area contributed by atoms with Gasteiger partial charge in [-0.2, -0.15) is 5.10 Å². The molecule has 5 rings (SSSR count). The highest BCUT2D eigenvalue weighted by Gasteiger charge is 2.39. The summed E-state index contributed by atoms with van der Waals surface area (Å²) in [5.41, 5.74) is 4.87. The minimum Gasteiger partial charge on any atom is -0.326 e. The molecule has 0 saturated heterocycles. The van der Waals surface area contributed by atoms with Gasteiger partial charge in [-0.05, 0) is 62.1 Å². The highest BCUT2D eigenvalue weighted by molar-refractivity contribution is 6.02. The van der Waals surface area contributed by atoms with Crippen molar-refractivity contribution in [3.63, 3.8) is 0 Å². The quantitative estimate of drug-likeness (QED) is 0.665. The number of benzene rings is 2. The largest absolute Gasteiger partial charge is 0.326 e. The summed E-state index contributed by atoms with van der Waals surface area (Å²) in [7, 11) is 0. The van der Waals surface area contributed by atoms with Crippen molar-refractivity contribution in [2.24, 2.45) is 11.8 Å². The molecule has 2 heterocycles. The number of nitrogens with one attached hydrogen (secondary N) is 1. The van der Waals surface area contributed by atoms with Gasteiger partial charge in [-0.3, -0.25) is 9.59 Å². The smallest absolute Gasteiger partial charge is 0.230 e. The number of fused-ring (bicyclic) bond motifs is 1. The lowest BCUT2D eigenvalue weighted by Gasteiger charge is -2.32. The number of carbonyl (C=O) groups is 2. The van der Waals surface area contributed by atoms with E-state index in [2.05, 4.69) is 16.5 Å². The van der Waals surface area contributed by atoms with E-state index >= 15 is 0 Å². The molecule has 2 aliphatic rings. The first-order chi connectivity index (χ1) is 15.6. The van der Waals surface area contributed by atoms with Crippen LogP contribution in [-0.4, -0.2) is 28.1 Å². The minimum absolute atomic E-state index is 0.0649. The lowest BCUT2D eigenvalue weighted by Crippen LogP contribution is -2.43. The van der Waals surface area contributed by atoms with Crippen LogP contribution in [0.3, 0.4) is 0 Å². The minimum atomic E-state index is -0.306. The van der Waals surface area contributed by atoms with E-state index in [-0.39, 0.29) is 23.7 Å². The summed E-state index contributed by atoms with van der Waals surface area (Å²) in [6.45, 7) is 2.70. The van der Waals surface area contributed by atoms with Crippen molar-refractivity contribution in [2.75, 3.05) is 16.8 Å². The van der Waals surface area contributed by atoms with E-state index < -0.39 is 0 Å². The zero-order valence-corrected chi connectivity index (χ0v) is 18.3. The molecule has 6 nitrogen and oxygen atoms in total. The molecular weight excluding hydrogens is 400 g/mol. The monoisotopic (exact) mass is 428 g/mol. The number of carbonyl (C=O) groups excluding carboxylic acids is 2. The number of rotatable bonds is 4. The predicted octanol–water partition coefficient (Wildman–Crippen LogP) is 4.51. The van der Waals surface area contributed by atoms with Crippen LogP contribution in [0.1, 0.15) is 36.9 Å². The third-order valence-corrected chi connectivity index (χ3v) is 6.76. The molecule has 2 amide bonds. The number of aromatic nitrogens is 2. The van der Waals surface area contributed by atoms with Crippen molar-refractivity contribution in [1.29, 1.82) is 0 Å². The van der Waals surface area contributed by atoms with Gasteiger partial charge in [0.25, 0.3) is 0 Å². The molecule has 1 aromatic heterocycles. The van der Waals surface area contributed by atoms with Crippen molar-refractivity contribution in [3.8, 4) is 5.69 Å². The third-order valence-electron chi connectivity index (χ3n) is 6.76. The Balaban J connectivity index is 1.34. The highest BCUT2D eigenvalue weighted by atomic mass is 16.2. The summed E-state index contributed by atoms with van der Waals surface area (Å²) in [6, 6.07) is 17.7. The predicted molar refractivity (Wildman–Crippen MR) is 125 cm³/mol. The molecule has 1 aliphatic carbocycles. The maximum Gasteiger partial charge on any atom is 0.230 e. The lowest BCUT2D eigenvalue weighted by atomic mass is 9.77. The third kappa shape index (κ3) is 3.81. The number of hydrogen-bond donors (Lipinski definition) is 1. The van der Waals surface area contributed by atoms with Crippen LogP contribution in [0.15, 0.2) is 60.8 Å². The maximum absolute atomic E-state index is 13.5. The Labute approximate surface area is 188 Å². The normalized spacial score (nSPS) is 20.1. The maximum atomic E-state index is 13.5. The van der Waals surface area contributed by atoms with Gasteiger partial charge in [0.15, 0.2) is 0 Å². The molecular formula is C26H28N4O2. The number of aryl methyl sites for hydroxylation is 1. The van der Waals surface area contributed by atoms with Gasteiger partial charge in [0, 0.05) is 35.7 Å². The van der Waals surface area contributed by atoms with E-state index in [1.165, 1.54) is 5.56 Å². The number of hydrogen-bond acceptors (Lipinski definition) is 3. The molecule has 0 bridgehead atoms. The molecule has 1 fully saturated rings. The van der Waals surface area contributed by atoms with Crippen molar-refractivity contribution < 1.29 is 9.59 Å². The van der Waals surface area contributed by atoms with E-state index in [4.69, 9.17) is 0 Å². The summed E-state index contributed by atoms with van der Waals surface area (Å²) >= 11 is 0. The van der Waals surface area contributed by atoms with E-state index in [0.29, 0.717) is 6.54 Å². The summed E-state index contributed by atoms with van der Waals surface area (Å²) in [5.74, 6) is -0.550. The zero-order valence-electron chi connectivity index (χ0n) is 18.3. The van der Waals surface area contributed by atoms with Crippen molar-refractivity contribution in [2.45, 2.75) is 39.0 Å². The van der Waals surface area contributed by atoms with Crippen LogP contribution >= 0.6 is 0 Å². The van der Waals surface area contributed by atoms with Crippen LogP contribution in [0, 0.1) is 18.8 Å². The molecule has 0 spiro atoms. The molecule has 2 atom stereocenters. The van der Waals surface area contributed by atoms with Crippen molar-refractivity contribution >= 4 is 23.2 Å². The zero-order chi connectivity index (χ0) is 22.1. The Morgan fingerprint density at radius 2 is 1.81 bits per heavy atom. The van der Waals surface area contributed by atoms with Gasteiger partial charge in [0.1, 0.15) is 0 Å². The summed E-state index contributed by atoms with van der Waals surface area (Å²) in [6.07, 6.45) is 6.12. The molecule has 0 radical (unpaired) electrons. The number of para-hydroxylation sites is 1. The molecule has 2 unspecified atom stereocenters. The van der Waals surface area contributed by atoms with Gasteiger partial charge in [-0.25, -0.2) is 4.68 Å². The fourth-order valence-electron chi connectivity index (χ4n) is 5.10. The van der Waals surface area contributed by atoms with E-state index in [0.717, 1.165) is 54.9 Å². The second-order valence-corrected chi connectivity index (χ2v) is 8.79. The van der Waals surface area contributed by atoms with Gasteiger partial charge in [0.2, 0.25) is 11.8 Å². The summed E-state index contributed by atoms with van der Waals surface area (Å²) in [4.78, 5) is 28.7. The van der Waals surface area contributed by atoms with Gasteiger partial charge >= 0.3 is 0 Å². The topological polar surface area (TPSA) is 67.2 Å². The highest BCUT2D eigenvalue weighted by Crippen LogP contribution is 2.36. The number of anilines is 2. The average molecular weight is 429 g/mol. The lowest BCUT2D eigenvalue weighted by molar-refractivity contribution is -0.132. The molecule has 6 heteroatoms. The van der Waals surface area contributed by atoms with Gasteiger partial charge in [-0.1, -0.05) is 37.1 Å². The molecule has 2 aromatic carbocycles. The summed E-state index contributed by atoms with van der Waals surface area (Å²) in [5, 5.41) is 7.42. The Kier molecular flexibility index (Phi) is 5.52. The van der Waals surface area contributed by atoms with E-state index in [1.54, 1.807) is 6.20 Å². The van der Waals surface area contributed by atoms with E-state index in [1.807, 2.05) is 65.0 Å². The molecule has 164 valence electrons. The molecule has 3 aromatic rings. The van der Waals surface area contributed by atoms with Gasteiger partial charge < -0.3 is 10.2 Å².